The van der Waals surface area contributed by atoms with Crippen LogP contribution in [0.5, 0.6) is 5.75 Å². The van der Waals surface area contributed by atoms with Crippen LogP contribution in [0.25, 0.3) is 10.9 Å². The van der Waals surface area contributed by atoms with Crippen molar-refractivity contribution < 1.29 is 18.3 Å². The third-order valence-electron chi connectivity index (χ3n) is 3.68. The molecule has 0 bridgehead atoms. The van der Waals surface area contributed by atoms with Gasteiger partial charge in [-0.25, -0.2) is 0 Å². The van der Waals surface area contributed by atoms with Crippen LogP contribution in [-0.2, 0) is 6.42 Å². The zero-order chi connectivity index (χ0) is 16.9. The van der Waals surface area contributed by atoms with Gasteiger partial charge in [0.05, 0.1) is 0 Å². The Morgan fingerprint density at radius 2 is 2.00 bits per heavy atom. The largest absolute Gasteiger partial charge is 0.435 e. The van der Waals surface area contributed by atoms with Gasteiger partial charge in [0.25, 0.3) is 5.91 Å². The molecule has 0 unspecified atom stereocenters. The number of aromatic nitrogens is 1. The van der Waals surface area contributed by atoms with E-state index in [2.05, 4.69) is 15.0 Å². The molecule has 0 saturated heterocycles. The van der Waals surface area contributed by atoms with E-state index in [0.29, 0.717) is 13.0 Å². The maximum Gasteiger partial charge on any atom is 0.387 e. The van der Waals surface area contributed by atoms with Crippen molar-refractivity contribution in [2.24, 2.45) is 0 Å². The maximum atomic E-state index is 12.2. The van der Waals surface area contributed by atoms with Crippen LogP contribution >= 0.6 is 0 Å². The van der Waals surface area contributed by atoms with Crippen molar-refractivity contribution in [2.45, 2.75) is 13.0 Å². The first-order valence-electron chi connectivity index (χ1n) is 7.51. The molecule has 3 rings (SSSR count). The van der Waals surface area contributed by atoms with Crippen LogP contribution in [0.3, 0.4) is 0 Å². The zero-order valence-electron chi connectivity index (χ0n) is 12.8. The molecule has 3 aromatic rings. The van der Waals surface area contributed by atoms with E-state index >= 15 is 0 Å². The summed E-state index contributed by atoms with van der Waals surface area (Å²) in [5.74, 6) is -0.358. The molecule has 6 heteroatoms. The summed E-state index contributed by atoms with van der Waals surface area (Å²) in [6.07, 6.45) is 2.59. The summed E-state index contributed by atoms with van der Waals surface area (Å²) in [7, 11) is 0. The molecule has 24 heavy (non-hydrogen) atoms. The summed E-state index contributed by atoms with van der Waals surface area (Å²) in [6.45, 7) is -2.47. The summed E-state index contributed by atoms with van der Waals surface area (Å²) >= 11 is 0. The molecule has 0 spiro atoms. The minimum Gasteiger partial charge on any atom is -0.435 e. The number of fused-ring (bicyclic) bond motifs is 1. The molecule has 0 aliphatic rings. The number of amides is 1. The van der Waals surface area contributed by atoms with E-state index in [0.717, 1.165) is 16.5 Å². The average molecular weight is 330 g/mol. The topological polar surface area (TPSA) is 54.1 Å². The lowest BCUT2D eigenvalue weighted by atomic mass is 10.1. The number of hydrogen-bond acceptors (Lipinski definition) is 2. The summed E-state index contributed by atoms with van der Waals surface area (Å²) in [6, 6.07) is 13.7. The van der Waals surface area contributed by atoms with Crippen molar-refractivity contribution in [1.82, 2.24) is 10.3 Å². The third kappa shape index (κ3) is 3.71. The smallest absolute Gasteiger partial charge is 0.387 e. The van der Waals surface area contributed by atoms with Gasteiger partial charge in [-0.1, -0.05) is 24.3 Å². The first kappa shape index (κ1) is 16.0. The number of alkyl halides is 2. The highest BCUT2D eigenvalue weighted by molar-refractivity contribution is 5.94. The Morgan fingerprint density at radius 3 is 2.83 bits per heavy atom. The lowest BCUT2D eigenvalue weighted by Crippen LogP contribution is -2.25. The Morgan fingerprint density at radius 1 is 1.17 bits per heavy atom. The van der Waals surface area contributed by atoms with Crippen molar-refractivity contribution >= 4 is 16.8 Å². The Balaban J connectivity index is 1.59. The van der Waals surface area contributed by atoms with E-state index < -0.39 is 6.61 Å². The Kier molecular flexibility index (Phi) is 4.74. The van der Waals surface area contributed by atoms with Crippen molar-refractivity contribution in [1.29, 1.82) is 0 Å². The molecule has 2 aromatic carbocycles. The minimum absolute atomic E-state index is 0.0331. The predicted molar refractivity (Wildman–Crippen MR) is 87.4 cm³/mol. The standard InChI is InChI=1S/C18H16F2N2O2/c19-18(20)24-14-5-3-4-12(10-14)17(23)21-9-8-13-11-22-16-7-2-1-6-15(13)16/h1-7,10-11,18,22H,8-9H2,(H,21,23). The number of benzene rings is 2. The van der Waals surface area contributed by atoms with Crippen molar-refractivity contribution in [3.05, 3.63) is 65.9 Å². The Bertz CT molecular complexity index is 846. The van der Waals surface area contributed by atoms with Crippen molar-refractivity contribution in [3.63, 3.8) is 0 Å². The molecule has 2 N–H and O–H groups in total. The van der Waals surface area contributed by atoms with E-state index in [1.807, 2.05) is 30.5 Å². The van der Waals surface area contributed by atoms with Crippen LogP contribution in [0.2, 0.25) is 0 Å². The first-order chi connectivity index (χ1) is 11.6. The molecule has 0 aliphatic carbocycles. The van der Waals surface area contributed by atoms with Gasteiger partial charge in [-0.15, -0.1) is 0 Å². The first-order valence-corrected chi connectivity index (χ1v) is 7.51. The zero-order valence-corrected chi connectivity index (χ0v) is 12.8. The number of hydrogen-bond donors (Lipinski definition) is 2. The number of halogens is 2. The van der Waals surface area contributed by atoms with E-state index in [-0.39, 0.29) is 17.2 Å². The van der Waals surface area contributed by atoms with Gasteiger partial charge in [0.2, 0.25) is 0 Å². The molecule has 0 fully saturated rings. The van der Waals surface area contributed by atoms with Gasteiger partial charge >= 0.3 is 6.61 Å². The van der Waals surface area contributed by atoms with Gasteiger partial charge < -0.3 is 15.0 Å². The predicted octanol–water partition coefficient (Wildman–Crippen LogP) is 3.74. The number of aromatic amines is 1. The quantitative estimate of drug-likeness (QED) is 0.723. The molecule has 1 amide bonds. The highest BCUT2D eigenvalue weighted by Gasteiger charge is 2.10. The highest BCUT2D eigenvalue weighted by Crippen LogP contribution is 2.18. The molecular formula is C18H16F2N2O2. The lowest BCUT2D eigenvalue weighted by Gasteiger charge is -2.08. The van der Waals surface area contributed by atoms with Gasteiger partial charge in [-0.3, -0.25) is 4.79 Å². The van der Waals surface area contributed by atoms with E-state index in [4.69, 9.17) is 0 Å². The minimum atomic E-state index is -2.91. The van der Waals surface area contributed by atoms with Gasteiger partial charge in [0, 0.05) is 29.2 Å². The van der Waals surface area contributed by atoms with Gasteiger partial charge in [0.1, 0.15) is 5.75 Å². The SMILES string of the molecule is O=C(NCCc1c[nH]c2ccccc12)c1cccc(OC(F)F)c1. The summed E-state index contributed by atoms with van der Waals surface area (Å²) in [4.78, 5) is 15.3. The fourth-order valence-electron chi connectivity index (χ4n) is 2.56. The van der Waals surface area contributed by atoms with Crippen LogP contribution in [0.4, 0.5) is 8.78 Å². The lowest BCUT2D eigenvalue weighted by molar-refractivity contribution is -0.0498. The second-order valence-electron chi connectivity index (χ2n) is 5.27. The molecule has 0 atom stereocenters. The molecule has 1 aromatic heterocycles. The van der Waals surface area contributed by atoms with Crippen LogP contribution < -0.4 is 10.1 Å². The summed E-state index contributed by atoms with van der Waals surface area (Å²) in [5, 5.41) is 3.91. The van der Waals surface area contributed by atoms with Crippen molar-refractivity contribution in [2.75, 3.05) is 6.54 Å². The number of ether oxygens (including phenoxy) is 1. The highest BCUT2D eigenvalue weighted by atomic mass is 19.3. The number of rotatable bonds is 6. The van der Waals surface area contributed by atoms with Crippen LogP contribution in [0, 0.1) is 0 Å². The second-order valence-corrected chi connectivity index (χ2v) is 5.27. The number of carbonyl (C=O) groups is 1. The molecule has 0 saturated carbocycles. The normalized spacial score (nSPS) is 11.0. The summed E-state index contributed by atoms with van der Waals surface area (Å²) in [5.41, 5.74) is 2.45. The molecule has 0 aliphatic heterocycles. The van der Waals surface area contributed by atoms with Gasteiger partial charge in [0.15, 0.2) is 0 Å². The Labute approximate surface area is 137 Å². The van der Waals surface area contributed by atoms with Crippen molar-refractivity contribution in [3.8, 4) is 5.75 Å². The monoisotopic (exact) mass is 330 g/mol. The molecule has 4 nitrogen and oxygen atoms in total. The summed E-state index contributed by atoms with van der Waals surface area (Å²) < 4.78 is 28.7. The molecule has 0 radical (unpaired) electrons. The van der Waals surface area contributed by atoms with Gasteiger partial charge in [-0.2, -0.15) is 8.78 Å². The van der Waals surface area contributed by atoms with E-state index in [1.165, 1.54) is 18.2 Å². The van der Waals surface area contributed by atoms with Crippen LogP contribution in [0.1, 0.15) is 15.9 Å². The molecule has 1 heterocycles. The number of H-pyrrole nitrogens is 1. The average Bonchev–Trinajstić information content (AvgIpc) is 2.98. The van der Waals surface area contributed by atoms with Crippen LogP contribution in [-0.4, -0.2) is 24.0 Å². The maximum absolute atomic E-state index is 12.2. The van der Waals surface area contributed by atoms with Crippen LogP contribution in [0.15, 0.2) is 54.7 Å². The number of carbonyl (C=O) groups excluding carboxylic acids is 1. The van der Waals surface area contributed by atoms with E-state index in [1.54, 1.807) is 6.07 Å². The number of nitrogens with one attached hydrogen (secondary N) is 2. The van der Waals surface area contributed by atoms with Gasteiger partial charge in [-0.05, 0) is 36.2 Å². The third-order valence-corrected chi connectivity index (χ3v) is 3.68. The molecular weight excluding hydrogens is 314 g/mol. The van der Waals surface area contributed by atoms with E-state index in [9.17, 15) is 13.6 Å². The Hall–Kier alpha value is -2.89. The fraction of sp³-hybridized carbons (Fsp3) is 0.167. The molecule has 124 valence electrons. The number of para-hydroxylation sites is 1. The fourth-order valence-corrected chi connectivity index (χ4v) is 2.56. The second kappa shape index (κ2) is 7.12.